The summed E-state index contributed by atoms with van der Waals surface area (Å²) in [6, 6.07) is 9.65. The highest BCUT2D eigenvalue weighted by atomic mass is 19.4. The van der Waals surface area contributed by atoms with Gasteiger partial charge in [-0.15, -0.1) is 13.2 Å². The molecule has 0 aromatic heterocycles. The van der Waals surface area contributed by atoms with Gasteiger partial charge >= 0.3 is 6.36 Å². The molecule has 6 nitrogen and oxygen atoms in total. The lowest BCUT2D eigenvalue weighted by molar-refractivity contribution is -0.274. The Morgan fingerprint density at radius 3 is 2.56 bits per heavy atom. The first-order chi connectivity index (χ1) is 12.8. The van der Waals surface area contributed by atoms with Crippen molar-refractivity contribution in [3.05, 3.63) is 53.6 Å². The molecule has 1 aliphatic heterocycles. The molecule has 0 saturated carbocycles. The van der Waals surface area contributed by atoms with Gasteiger partial charge in [0, 0.05) is 12.1 Å². The number of aliphatic hydroxyl groups is 1. The molecule has 1 unspecified atom stereocenters. The molecule has 0 aliphatic carbocycles. The van der Waals surface area contributed by atoms with E-state index in [0.29, 0.717) is 17.1 Å². The first-order valence-corrected chi connectivity index (χ1v) is 8.03. The molecule has 2 aromatic carbocycles. The van der Waals surface area contributed by atoms with Gasteiger partial charge in [-0.25, -0.2) is 0 Å². The molecule has 0 bridgehead atoms. The van der Waals surface area contributed by atoms with E-state index >= 15 is 0 Å². The molecule has 1 heterocycles. The quantitative estimate of drug-likeness (QED) is 0.801. The van der Waals surface area contributed by atoms with Gasteiger partial charge in [-0.3, -0.25) is 4.79 Å². The summed E-state index contributed by atoms with van der Waals surface area (Å²) >= 11 is 0. The Bertz CT molecular complexity index is 808. The Morgan fingerprint density at radius 1 is 1.15 bits per heavy atom. The maximum absolute atomic E-state index is 12.1. The molecule has 9 heteroatoms. The van der Waals surface area contributed by atoms with Crippen molar-refractivity contribution in [1.29, 1.82) is 0 Å². The van der Waals surface area contributed by atoms with Crippen molar-refractivity contribution in [2.45, 2.75) is 18.9 Å². The van der Waals surface area contributed by atoms with E-state index in [1.165, 1.54) is 12.1 Å². The van der Waals surface area contributed by atoms with Gasteiger partial charge in [-0.05, 0) is 48.4 Å². The summed E-state index contributed by atoms with van der Waals surface area (Å²) in [4.78, 5) is 12.0. The highest BCUT2D eigenvalue weighted by Crippen LogP contribution is 2.34. The number of fused-ring (bicyclic) bond motifs is 1. The minimum absolute atomic E-state index is 0.137. The SMILES string of the molecule is O=C(NCCC(O)c1ccc2c(c1)OCO2)c1ccc(OC(F)(F)F)cc1. The topological polar surface area (TPSA) is 77.0 Å². The number of nitrogens with one attached hydrogen (secondary N) is 1. The minimum Gasteiger partial charge on any atom is -0.454 e. The van der Waals surface area contributed by atoms with Crippen LogP contribution in [-0.4, -0.2) is 30.7 Å². The first kappa shape index (κ1) is 18.8. The standard InChI is InChI=1S/C18H16F3NO5/c19-18(20,21)27-13-4-1-11(2-5-13)17(24)22-8-7-14(23)12-3-6-15-16(9-12)26-10-25-15/h1-6,9,14,23H,7-8,10H2,(H,22,24). The third-order valence-corrected chi connectivity index (χ3v) is 3.83. The van der Waals surface area contributed by atoms with E-state index in [9.17, 15) is 23.1 Å². The molecular weight excluding hydrogens is 367 g/mol. The minimum atomic E-state index is -4.78. The van der Waals surface area contributed by atoms with E-state index in [0.717, 1.165) is 12.1 Å². The molecule has 2 aromatic rings. The highest BCUT2D eigenvalue weighted by Gasteiger charge is 2.31. The zero-order chi connectivity index (χ0) is 19.4. The van der Waals surface area contributed by atoms with Crippen molar-refractivity contribution in [3.63, 3.8) is 0 Å². The summed E-state index contributed by atoms with van der Waals surface area (Å²) < 4.78 is 50.5. The molecule has 3 rings (SSSR count). The number of benzene rings is 2. The number of carbonyl (C=O) groups is 1. The molecule has 1 atom stereocenters. The van der Waals surface area contributed by atoms with E-state index in [4.69, 9.17) is 9.47 Å². The lowest BCUT2D eigenvalue weighted by Crippen LogP contribution is -2.25. The first-order valence-electron chi connectivity index (χ1n) is 8.03. The van der Waals surface area contributed by atoms with E-state index < -0.39 is 24.1 Å². The van der Waals surface area contributed by atoms with Crippen molar-refractivity contribution in [2.75, 3.05) is 13.3 Å². The fourth-order valence-corrected chi connectivity index (χ4v) is 2.52. The van der Waals surface area contributed by atoms with Crippen molar-refractivity contribution in [3.8, 4) is 17.2 Å². The second kappa shape index (κ2) is 7.75. The number of hydrogen-bond acceptors (Lipinski definition) is 5. The Kier molecular flexibility index (Phi) is 5.41. The fraction of sp³-hybridized carbons (Fsp3) is 0.278. The average molecular weight is 383 g/mol. The van der Waals surface area contributed by atoms with E-state index in [2.05, 4.69) is 10.1 Å². The van der Waals surface area contributed by atoms with Crippen LogP contribution in [0.3, 0.4) is 0 Å². The van der Waals surface area contributed by atoms with Gasteiger partial charge in [0.05, 0.1) is 6.10 Å². The summed E-state index contributed by atoms with van der Waals surface area (Å²) in [6.45, 7) is 0.312. The second-order valence-corrected chi connectivity index (χ2v) is 5.75. The van der Waals surface area contributed by atoms with Crippen molar-refractivity contribution < 1.29 is 37.3 Å². The molecule has 144 valence electrons. The Balaban J connectivity index is 1.49. The van der Waals surface area contributed by atoms with Crippen LogP contribution in [0.5, 0.6) is 17.2 Å². The number of halogens is 3. The van der Waals surface area contributed by atoms with Gasteiger partial charge in [0.25, 0.3) is 5.91 Å². The normalized spacial score (nSPS) is 13.9. The van der Waals surface area contributed by atoms with Crippen LogP contribution in [0.1, 0.15) is 28.4 Å². The molecule has 0 saturated heterocycles. The lowest BCUT2D eigenvalue weighted by Gasteiger charge is -2.13. The van der Waals surface area contributed by atoms with Crippen molar-refractivity contribution >= 4 is 5.91 Å². The highest BCUT2D eigenvalue weighted by molar-refractivity contribution is 5.94. The molecule has 2 N–H and O–H groups in total. The van der Waals surface area contributed by atoms with Crippen LogP contribution in [0, 0.1) is 0 Å². The van der Waals surface area contributed by atoms with Crippen LogP contribution in [-0.2, 0) is 0 Å². The van der Waals surface area contributed by atoms with Crippen molar-refractivity contribution in [2.24, 2.45) is 0 Å². The summed E-state index contributed by atoms with van der Waals surface area (Å²) in [7, 11) is 0. The molecule has 0 fully saturated rings. The number of amides is 1. The summed E-state index contributed by atoms with van der Waals surface area (Å²) in [6.07, 6.45) is -5.35. The van der Waals surface area contributed by atoms with Gasteiger partial charge in [0.1, 0.15) is 5.75 Å². The number of rotatable bonds is 6. The van der Waals surface area contributed by atoms with Crippen molar-refractivity contribution in [1.82, 2.24) is 5.32 Å². The number of aliphatic hydroxyl groups excluding tert-OH is 1. The average Bonchev–Trinajstić information content (AvgIpc) is 3.08. The maximum atomic E-state index is 12.1. The van der Waals surface area contributed by atoms with Crippen LogP contribution < -0.4 is 19.5 Å². The molecular formula is C18H16F3NO5. The Morgan fingerprint density at radius 2 is 1.85 bits per heavy atom. The predicted molar refractivity (Wildman–Crippen MR) is 87.6 cm³/mol. The molecule has 27 heavy (non-hydrogen) atoms. The van der Waals surface area contributed by atoms with E-state index in [-0.39, 0.29) is 25.3 Å². The van der Waals surface area contributed by atoms with Gasteiger partial charge in [0.2, 0.25) is 6.79 Å². The third-order valence-electron chi connectivity index (χ3n) is 3.83. The predicted octanol–water partition coefficient (Wildman–Crippen LogP) is 3.17. The monoisotopic (exact) mass is 383 g/mol. The van der Waals surface area contributed by atoms with Gasteiger partial charge in [0.15, 0.2) is 11.5 Å². The smallest absolute Gasteiger partial charge is 0.454 e. The molecule has 1 aliphatic rings. The van der Waals surface area contributed by atoms with Crippen LogP contribution in [0.25, 0.3) is 0 Å². The van der Waals surface area contributed by atoms with Crippen LogP contribution in [0.15, 0.2) is 42.5 Å². The molecule has 1 amide bonds. The maximum Gasteiger partial charge on any atom is 0.573 e. The van der Waals surface area contributed by atoms with E-state index in [1.54, 1.807) is 18.2 Å². The zero-order valence-corrected chi connectivity index (χ0v) is 14.0. The zero-order valence-electron chi connectivity index (χ0n) is 14.0. The summed E-state index contributed by atoms with van der Waals surface area (Å²) in [5.74, 6) is 0.290. The largest absolute Gasteiger partial charge is 0.573 e. The lowest BCUT2D eigenvalue weighted by atomic mass is 10.1. The number of ether oxygens (including phenoxy) is 3. The van der Waals surface area contributed by atoms with Crippen LogP contribution in [0.4, 0.5) is 13.2 Å². The molecule has 0 spiro atoms. The number of carbonyl (C=O) groups excluding carboxylic acids is 1. The fourth-order valence-electron chi connectivity index (χ4n) is 2.52. The number of hydrogen-bond donors (Lipinski definition) is 2. The Labute approximate surface area is 152 Å². The van der Waals surface area contributed by atoms with Gasteiger partial charge in [-0.2, -0.15) is 0 Å². The van der Waals surface area contributed by atoms with Crippen LogP contribution >= 0.6 is 0 Å². The second-order valence-electron chi connectivity index (χ2n) is 5.75. The van der Waals surface area contributed by atoms with Gasteiger partial charge < -0.3 is 24.6 Å². The Hall–Kier alpha value is -2.94. The third kappa shape index (κ3) is 5.04. The summed E-state index contributed by atoms with van der Waals surface area (Å²) in [5.41, 5.74) is 0.809. The number of alkyl halides is 3. The van der Waals surface area contributed by atoms with E-state index in [1.807, 2.05) is 0 Å². The van der Waals surface area contributed by atoms with Gasteiger partial charge in [-0.1, -0.05) is 6.07 Å². The molecule has 0 radical (unpaired) electrons. The summed E-state index contributed by atoms with van der Waals surface area (Å²) in [5, 5.41) is 12.8. The van der Waals surface area contributed by atoms with Crippen LogP contribution in [0.2, 0.25) is 0 Å².